The zero-order valence-electron chi connectivity index (χ0n) is 18.2. The van der Waals surface area contributed by atoms with E-state index in [0.717, 1.165) is 44.5 Å². The first-order valence-corrected chi connectivity index (χ1v) is 11.0. The Bertz CT molecular complexity index is 734. The van der Waals surface area contributed by atoms with Gasteiger partial charge in [0.1, 0.15) is 0 Å². The summed E-state index contributed by atoms with van der Waals surface area (Å²) in [4.78, 5) is 27.1. The minimum absolute atomic E-state index is 0.0561. The Balaban J connectivity index is 1.56. The Morgan fingerprint density at radius 2 is 1.93 bits per heavy atom. The van der Waals surface area contributed by atoms with E-state index in [1.165, 1.54) is 6.42 Å². The van der Waals surface area contributed by atoms with Crippen LogP contribution in [-0.4, -0.2) is 59.5 Å². The standard InChI is InChI=1S/C22H36N4O3/c1-22(2,3)19-7-8-20(27)26(24-19)13-12-25-11-5-4-6-18(25)16-23-21(28)17-9-14-29-15-10-17/h7-8,17-18H,4-6,9-16H2,1-3H3,(H,23,28). The molecule has 3 rings (SSSR count). The van der Waals surface area contributed by atoms with E-state index in [1.54, 1.807) is 10.7 Å². The number of rotatable bonds is 6. The number of piperidine rings is 1. The van der Waals surface area contributed by atoms with Crippen LogP contribution in [0.5, 0.6) is 0 Å². The third-order valence-corrected chi connectivity index (χ3v) is 6.09. The fourth-order valence-electron chi connectivity index (χ4n) is 4.14. The first kappa shape index (κ1) is 22.0. The van der Waals surface area contributed by atoms with E-state index in [0.29, 0.717) is 32.3 Å². The van der Waals surface area contributed by atoms with Gasteiger partial charge in [-0.3, -0.25) is 14.5 Å². The Morgan fingerprint density at radius 1 is 1.17 bits per heavy atom. The fraction of sp³-hybridized carbons (Fsp3) is 0.773. The number of hydrogen-bond donors (Lipinski definition) is 1. The summed E-state index contributed by atoms with van der Waals surface area (Å²) in [5.74, 6) is 0.248. The molecule has 0 aromatic carbocycles. The summed E-state index contributed by atoms with van der Waals surface area (Å²) < 4.78 is 6.94. The van der Waals surface area contributed by atoms with E-state index in [-0.39, 0.29) is 22.8 Å². The van der Waals surface area contributed by atoms with Gasteiger partial charge in [0, 0.05) is 49.7 Å². The molecule has 162 valence electrons. The lowest BCUT2D eigenvalue weighted by Gasteiger charge is -2.36. The van der Waals surface area contributed by atoms with Gasteiger partial charge >= 0.3 is 0 Å². The quantitative estimate of drug-likeness (QED) is 0.784. The van der Waals surface area contributed by atoms with Gasteiger partial charge in [0.15, 0.2) is 0 Å². The molecule has 29 heavy (non-hydrogen) atoms. The van der Waals surface area contributed by atoms with E-state index in [9.17, 15) is 9.59 Å². The third kappa shape index (κ3) is 6.12. The smallest absolute Gasteiger partial charge is 0.266 e. The molecule has 0 bridgehead atoms. The molecule has 3 heterocycles. The van der Waals surface area contributed by atoms with Crippen molar-refractivity contribution in [2.75, 3.05) is 32.8 Å². The van der Waals surface area contributed by atoms with Crippen LogP contribution in [0.15, 0.2) is 16.9 Å². The van der Waals surface area contributed by atoms with E-state index in [1.807, 2.05) is 6.07 Å². The van der Waals surface area contributed by atoms with Crippen LogP contribution in [0.3, 0.4) is 0 Å². The monoisotopic (exact) mass is 404 g/mol. The molecule has 2 aliphatic heterocycles. The second-order valence-corrected chi connectivity index (χ2v) is 9.35. The molecule has 2 fully saturated rings. The molecule has 0 spiro atoms. The molecular formula is C22H36N4O3. The maximum absolute atomic E-state index is 12.5. The zero-order valence-corrected chi connectivity index (χ0v) is 18.2. The highest BCUT2D eigenvalue weighted by molar-refractivity contribution is 5.78. The van der Waals surface area contributed by atoms with Crippen molar-refractivity contribution in [3.8, 4) is 0 Å². The van der Waals surface area contributed by atoms with Crippen LogP contribution < -0.4 is 10.9 Å². The Hall–Kier alpha value is -1.73. The summed E-state index contributed by atoms with van der Waals surface area (Å²) in [7, 11) is 0. The number of likely N-dealkylation sites (tertiary alicyclic amines) is 1. The number of nitrogens with one attached hydrogen (secondary N) is 1. The molecule has 1 unspecified atom stereocenters. The van der Waals surface area contributed by atoms with E-state index in [4.69, 9.17) is 4.74 Å². The summed E-state index contributed by atoms with van der Waals surface area (Å²) in [5, 5.41) is 7.75. The topological polar surface area (TPSA) is 76.5 Å². The molecule has 0 aliphatic carbocycles. The van der Waals surface area contributed by atoms with Gasteiger partial charge in [-0.15, -0.1) is 0 Å². The van der Waals surface area contributed by atoms with Crippen LogP contribution in [0.4, 0.5) is 0 Å². The number of ether oxygens (including phenoxy) is 1. The molecule has 1 aromatic heterocycles. The van der Waals surface area contributed by atoms with E-state index < -0.39 is 0 Å². The minimum Gasteiger partial charge on any atom is -0.381 e. The SMILES string of the molecule is CC(C)(C)c1ccc(=O)n(CCN2CCCCC2CNC(=O)C2CCOCC2)n1. The summed E-state index contributed by atoms with van der Waals surface area (Å²) in [6.45, 7) is 10.7. The number of carbonyl (C=O) groups excluding carboxylic acids is 1. The Kier molecular flexibility index (Phi) is 7.46. The maximum atomic E-state index is 12.5. The van der Waals surface area contributed by atoms with Crippen LogP contribution in [0.1, 0.15) is 58.6 Å². The van der Waals surface area contributed by atoms with Crippen molar-refractivity contribution in [2.24, 2.45) is 5.92 Å². The van der Waals surface area contributed by atoms with Gasteiger partial charge in [-0.1, -0.05) is 27.2 Å². The molecule has 1 amide bonds. The van der Waals surface area contributed by atoms with Crippen LogP contribution in [-0.2, 0) is 21.5 Å². The molecule has 0 radical (unpaired) electrons. The highest BCUT2D eigenvalue weighted by Gasteiger charge is 2.26. The van der Waals surface area contributed by atoms with Crippen molar-refractivity contribution < 1.29 is 9.53 Å². The number of amides is 1. The molecular weight excluding hydrogens is 368 g/mol. The van der Waals surface area contributed by atoms with Crippen LogP contribution in [0, 0.1) is 5.92 Å². The van der Waals surface area contributed by atoms with Crippen LogP contribution in [0.2, 0.25) is 0 Å². The lowest BCUT2D eigenvalue weighted by atomic mass is 9.92. The first-order chi connectivity index (χ1) is 13.8. The highest BCUT2D eigenvalue weighted by atomic mass is 16.5. The second-order valence-electron chi connectivity index (χ2n) is 9.35. The summed E-state index contributed by atoms with van der Waals surface area (Å²) in [5.41, 5.74) is 0.785. The van der Waals surface area contributed by atoms with Crippen molar-refractivity contribution >= 4 is 5.91 Å². The van der Waals surface area contributed by atoms with Gasteiger partial charge in [0.25, 0.3) is 5.56 Å². The number of aromatic nitrogens is 2. The average Bonchev–Trinajstić information content (AvgIpc) is 2.71. The summed E-state index contributed by atoms with van der Waals surface area (Å²) in [6.07, 6.45) is 5.07. The third-order valence-electron chi connectivity index (χ3n) is 6.09. The minimum atomic E-state index is -0.0858. The van der Waals surface area contributed by atoms with Gasteiger partial charge < -0.3 is 10.1 Å². The van der Waals surface area contributed by atoms with Crippen molar-refractivity contribution in [3.63, 3.8) is 0 Å². The molecule has 0 saturated carbocycles. The van der Waals surface area contributed by atoms with Gasteiger partial charge in [0.05, 0.1) is 12.2 Å². The van der Waals surface area contributed by atoms with Crippen LogP contribution >= 0.6 is 0 Å². The second kappa shape index (κ2) is 9.85. The van der Waals surface area contributed by atoms with Gasteiger partial charge in [-0.05, 0) is 38.3 Å². The molecule has 1 atom stereocenters. The molecule has 1 N–H and O–H groups in total. The molecule has 2 aliphatic rings. The summed E-state index contributed by atoms with van der Waals surface area (Å²) >= 11 is 0. The number of nitrogens with zero attached hydrogens (tertiary/aromatic N) is 3. The Labute approximate surface area is 173 Å². The normalized spacial score (nSPS) is 21.8. The number of carbonyl (C=O) groups is 1. The lowest BCUT2D eigenvalue weighted by Crippen LogP contribution is -2.49. The molecule has 7 heteroatoms. The summed E-state index contributed by atoms with van der Waals surface area (Å²) in [6, 6.07) is 3.78. The van der Waals surface area contributed by atoms with Crippen molar-refractivity contribution in [1.29, 1.82) is 0 Å². The predicted octanol–water partition coefficient (Wildman–Crippen LogP) is 1.94. The van der Waals surface area contributed by atoms with Crippen molar-refractivity contribution in [3.05, 3.63) is 28.2 Å². The number of hydrogen-bond acceptors (Lipinski definition) is 5. The van der Waals surface area contributed by atoms with E-state index >= 15 is 0 Å². The zero-order chi connectivity index (χ0) is 20.9. The van der Waals surface area contributed by atoms with Crippen molar-refractivity contribution in [2.45, 2.75) is 70.9 Å². The largest absolute Gasteiger partial charge is 0.381 e. The first-order valence-electron chi connectivity index (χ1n) is 11.0. The maximum Gasteiger partial charge on any atom is 0.266 e. The van der Waals surface area contributed by atoms with Gasteiger partial charge in [0.2, 0.25) is 5.91 Å². The van der Waals surface area contributed by atoms with E-state index in [2.05, 4.69) is 36.1 Å². The molecule has 1 aromatic rings. The average molecular weight is 405 g/mol. The van der Waals surface area contributed by atoms with Crippen molar-refractivity contribution in [1.82, 2.24) is 20.0 Å². The van der Waals surface area contributed by atoms with Gasteiger partial charge in [-0.2, -0.15) is 5.10 Å². The Morgan fingerprint density at radius 3 is 2.66 bits per heavy atom. The van der Waals surface area contributed by atoms with Crippen LogP contribution in [0.25, 0.3) is 0 Å². The predicted molar refractivity (Wildman–Crippen MR) is 113 cm³/mol. The lowest BCUT2D eigenvalue weighted by molar-refractivity contribution is -0.128. The van der Waals surface area contributed by atoms with Gasteiger partial charge in [-0.25, -0.2) is 4.68 Å². The molecule has 2 saturated heterocycles. The highest BCUT2D eigenvalue weighted by Crippen LogP contribution is 2.19. The fourth-order valence-corrected chi connectivity index (χ4v) is 4.14. The molecule has 7 nitrogen and oxygen atoms in total.